The summed E-state index contributed by atoms with van der Waals surface area (Å²) >= 11 is 0. The normalized spacial score (nSPS) is 16.3. The molecule has 1 N–H and O–H groups in total. The fraction of sp³-hybridized carbons (Fsp3) is 0.278. The highest BCUT2D eigenvalue weighted by Gasteiger charge is 2.32. The van der Waals surface area contributed by atoms with E-state index in [1.165, 1.54) is 6.07 Å². The van der Waals surface area contributed by atoms with Crippen LogP contribution in [-0.2, 0) is 4.79 Å². The van der Waals surface area contributed by atoms with Gasteiger partial charge >= 0.3 is 0 Å². The maximum absolute atomic E-state index is 12.4. The number of carbonyl (C=O) groups excluding carboxylic acids is 1. The quantitative estimate of drug-likeness (QED) is 0.652. The standard InChI is InChI=1S/C18H19N3O3/c22-18(20-13-11-16(20)14-6-2-1-3-7-14)10-12-19-15-8-4-5-9-17(15)21(23)24/h1-9,16,19H,10-13H2/t16-/m1/s1. The second-order valence-corrected chi connectivity index (χ2v) is 5.75. The lowest BCUT2D eigenvalue weighted by molar-refractivity contribution is -0.384. The van der Waals surface area contributed by atoms with Gasteiger partial charge in [0.1, 0.15) is 5.69 Å². The Labute approximate surface area is 140 Å². The van der Waals surface area contributed by atoms with Gasteiger partial charge in [0.25, 0.3) is 5.69 Å². The number of rotatable bonds is 6. The average Bonchev–Trinajstić information content (AvgIpc) is 2.55. The highest BCUT2D eigenvalue weighted by Crippen LogP contribution is 2.33. The first-order chi connectivity index (χ1) is 11.7. The van der Waals surface area contributed by atoms with Crippen LogP contribution in [0.4, 0.5) is 11.4 Å². The Kier molecular flexibility index (Phi) is 4.74. The third-order valence-corrected chi connectivity index (χ3v) is 4.28. The predicted molar refractivity (Wildman–Crippen MR) is 91.7 cm³/mol. The van der Waals surface area contributed by atoms with Crippen molar-refractivity contribution in [2.45, 2.75) is 18.9 Å². The van der Waals surface area contributed by atoms with Crippen molar-refractivity contribution in [3.05, 3.63) is 70.3 Å². The Morgan fingerprint density at radius 3 is 2.54 bits per heavy atom. The predicted octanol–water partition coefficient (Wildman–Crippen LogP) is 3.37. The van der Waals surface area contributed by atoms with Gasteiger partial charge in [0.05, 0.1) is 11.0 Å². The molecule has 1 fully saturated rings. The van der Waals surface area contributed by atoms with Gasteiger partial charge in [0, 0.05) is 25.6 Å². The van der Waals surface area contributed by atoms with Crippen LogP contribution in [0.25, 0.3) is 0 Å². The van der Waals surface area contributed by atoms with Crippen LogP contribution in [-0.4, -0.2) is 28.8 Å². The molecule has 6 heteroatoms. The summed E-state index contributed by atoms with van der Waals surface area (Å²) in [5.74, 6) is 0.0705. The summed E-state index contributed by atoms with van der Waals surface area (Å²) in [6, 6.07) is 16.6. The minimum absolute atomic E-state index is 0.0241. The fourth-order valence-electron chi connectivity index (χ4n) is 2.94. The number of carbonyl (C=O) groups is 1. The molecule has 1 aliphatic rings. The first-order valence-electron chi connectivity index (χ1n) is 7.98. The molecule has 6 nitrogen and oxygen atoms in total. The van der Waals surface area contributed by atoms with Gasteiger partial charge in [0.2, 0.25) is 5.91 Å². The number of amides is 1. The van der Waals surface area contributed by atoms with Crippen molar-refractivity contribution in [1.29, 1.82) is 0 Å². The van der Waals surface area contributed by atoms with Crippen LogP contribution >= 0.6 is 0 Å². The molecule has 1 aliphatic heterocycles. The van der Waals surface area contributed by atoms with Crippen molar-refractivity contribution >= 4 is 17.3 Å². The zero-order valence-electron chi connectivity index (χ0n) is 13.2. The number of likely N-dealkylation sites (tertiary alicyclic amines) is 1. The van der Waals surface area contributed by atoms with Crippen molar-refractivity contribution in [3.63, 3.8) is 0 Å². The molecule has 1 atom stereocenters. The lowest BCUT2D eigenvalue weighted by Crippen LogP contribution is -2.45. The lowest BCUT2D eigenvalue weighted by Gasteiger charge is -2.41. The molecular formula is C18H19N3O3. The van der Waals surface area contributed by atoms with Crippen LogP contribution in [0.15, 0.2) is 54.6 Å². The molecule has 0 aromatic heterocycles. The fourth-order valence-corrected chi connectivity index (χ4v) is 2.94. The zero-order chi connectivity index (χ0) is 16.9. The third-order valence-electron chi connectivity index (χ3n) is 4.28. The molecule has 24 heavy (non-hydrogen) atoms. The number of hydrogen-bond acceptors (Lipinski definition) is 4. The van der Waals surface area contributed by atoms with Crippen molar-refractivity contribution < 1.29 is 9.72 Å². The van der Waals surface area contributed by atoms with E-state index < -0.39 is 4.92 Å². The number of benzene rings is 2. The molecule has 0 bridgehead atoms. The third kappa shape index (κ3) is 3.37. The van der Waals surface area contributed by atoms with Gasteiger partial charge in [-0.2, -0.15) is 0 Å². The topological polar surface area (TPSA) is 75.5 Å². The van der Waals surface area contributed by atoms with E-state index in [9.17, 15) is 14.9 Å². The summed E-state index contributed by atoms with van der Waals surface area (Å²) < 4.78 is 0. The minimum Gasteiger partial charge on any atom is -0.379 e. The molecule has 124 valence electrons. The first-order valence-corrected chi connectivity index (χ1v) is 7.98. The number of anilines is 1. The van der Waals surface area contributed by atoms with Gasteiger partial charge in [-0.05, 0) is 18.1 Å². The monoisotopic (exact) mass is 325 g/mol. The van der Waals surface area contributed by atoms with Crippen LogP contribution < -0.4 is 5.32 Å². The molecule has 1 heterocycles. The summed E-state index contributed by atoms with van der Waals surface area (Å²) in [6.45, 7) is 1.14. The van der Waals surface area contributed by atoms with Crippen LogP contribution in [0.1, 0.15) is 24.4 Å². The largest absolute Gasteiger partial charge is 0.379 e. The Morgan fingerprint density at radius 2 is 1.88 bits per heavy atom. The van der Waals surface area contributed by atoms with Crippen LogP contribution in [0.5, 0.6) is 0 Å². The number of para-hydroxylation sites is 2. The molecule has 0 radical (unpaired) electrons. The maximum atomic E-state index is 12.4. The number of hydrogen-bond donors (Lipinski definition) is 1. The molecular weight excluding hydrogens is 306 g/mol. The van der Waals surface area contributed by atoms with Gasteiger partial charge in [0.15, 0.2) is 0 Å². The average molecular weight is 325 g/mol. The molecule has 0 saturated carbocycles. The van der Waals surface area contributed by atoms with E-state index in [4.69, 9.17) is 0 Å². The summed E-state index contributed by atoms with van der Waals surface area (Å²) in [7, 11) is 0. The Bertz CT molecular complexity index is 733. The number of nitrogens with zero attached hydrogens (tertiary/aromatic N) is 2. The second-order valence-electron chi connectivity index (χ2n) is 5.75. The van der Waals surface area contributed by atoms with Gasteiger partial charge in [-0.1, -0.05) is 42.5 Å². The van der Waals surface area contributed by atoms with Crippen molar-refractivity contribution in [2.75, 3.05) is 18.4 Å². The Morgan fingerprint density at radius 1 is 1.17 bits per heavy atom. The molecule has 2 aromatic rings. The van der Waals surface area contributed by atoms with E-state index in [2.05, 4.69) is 5.32 Å². The van der Waals surface area contributed by atoms with Crippen LogP contribution in [0.2, 0.25) is 0 Å². The number of nitro groups is 1. The molecule has 1 amide bonds. The van der Waals surface area contributed by atoms with E-state index in [-0.39, 0.29) is 17.6 Å². The van der Waals surface area contributed by atoms with Crippen LogP contribution in [0.3, 0.4) is 0 Å². The highest BCUT2D eigenvalue weighted by molar-refractivity contribution is 5.78. The summed E-state index contributed by atoms with van der Waals surface area (Å²) in [6.07, 6.45) is 1.29. The summed E-state index contributed by atoms with van der Waals surface area (Å²) in [5.41, 5.74) is 1.62. The second kappa shape index (κ2) is 7.12. The number of nitrogens with one attached hydrogen (secondary N) is 1. The molecule has 3 rings (SSSR count). The molecule has 0 spiro atoms. The zero-order valence-corrected chi connectivity index (χ0v) is 13.2. The van der Waals surface area contributed by atoms with Gasteiger partial charge in [-0.15, -0.1) is 0 Å². The van der Waals surface area contributed by atoms with E-state index in [0.29, 0.717) is 18.7 Å². The van der Waals surface area contributed by atoms with Gasteiger partial charge in [-0.25, -0.2) is 0 Å². The van der Waals surface area contributed by atoms with Crippen molar-refractivity contribution in [3.8, 4) is 0 Å². The molecule has 0 aliphatic carbocycles. The van der Waals surface area contributed by atoms with E-state index in [0.717, 1.165) is 18.5 Å². The highest BCUT2D eigenvalue weighted by atomic mass is 16.6. The van der Waals surface area contributed by atoms with E-state index in [1.54, 1.807) is 18.2 Å². The van der Waals surface area contributed by atoms with Crippen molar-refractivity contribution in [2.24, 2.45) is 0 Å². The molecule has 1 saturated heterocycles. The van der Waals surface area contributed by atoms with Gasteiger partial charge < -0.3 is 10.2 Å². The lowest BCUT2D eigenvalue weighted by atomic mass is 9.94. The van der Waals surface area contributed by atoms with Crippen LogP contribution in [0, 0.1) is 10.1 Å². The maximum Gasteiger partial charge on any atom is 0.292 e. The molecule has 0 unspecified atom stereocenters. The summed E-state index contributed by atoms with van der Waals surface area (Å²) in [4.78, 5) is 24.8. The smallest absolute Gasteiger partial charge is 0.292 e. The number of nitro benzene ring substituents is 1. The van der Waals surface area contributed by atoms with E-state index in [1.807, 2.05) is 35.2 Å². The first kappa shape index (κ1) is 16.0. The SMILES string of the molecule is O=C(CCNc1ccccc1[N+](=O)[O-])N1CC[C@@H]1c1ccccc1. The van der Waals surface area contributed by atoms with Crippen molar-refractivity contribution in [1.82, 2.24) is 4.90 Å². The minimum atomic E-state index is -0.426. The van der Waals surface area contributed by atoms with Gasteiger partial charge in [-0.3, -0.25) is 14.9 Å². The molecule has 2 aromatic carbocycles. The Hall–Kier alpha value is -2.89. The van der Waals surface area contributed by atoms with E-state index >= 15 is 0 Å². The summed E-state index contributed by atoms with van der Waals surface area (Å²) in [5, 5.41) is 14.0. The Balaban J connectivity index is 1.54.